The second-order valence-electron chi connectivity index (χ2n) is 8.57. The van der Waals surface area contributed by atoms with Gasteiger partial charge in [0.15, 0.2) is 5.65 Å². The molecular formula is C22H24F3N5. The number of aromatic amines is 1. The lowest BCUT2D eigenvalue weighted by Gasteiger charge is -2.38. The van der Waals surface area contributed by atoms with Gasteiger partial charge in [-0.2, -0.15) is 18.3 Å². The summed E-state index contributed by atoms with van der Waals surface area (Å²) in [6, 6.07) is 5.93. The van der Waals surface area contributed by atoms with Gasteiger partial charge in [0.2, 0.25) is 0 Å². The van der Waals surface area contributed by atoms with Crippen LogP contribution in [0.25, 0.3) is 22.4 Å². The third kappa shape index (κ3) is 3.91. The third-order valence-corrected chi connectivity index (χ3v) is 5.35. The highest BCUT2D eigenvalue weighted by Gasteiger charge is 2.36. The number of anilines is 1. The van der Waals surface area contributed by atoms with E-state index in [1.54, 1.807) is 18.3 Å². The van der Waals surface area contributed by atoms with Crippen LogP contribution in [0.3, 0.4) is 0 Å². The molecule has 0 aliphatic carbocycles. The molecule has 1 aliphatic heterocycles. The number of aromatic nitrogens is 4. The van der Waals surface area contributed by atoms with Crippen molar-refractivity contribution in [1.29, 1.82) is 0 Å². The van der Waals surface area contributed by atoms with Crippen LogP contribution in [0.1, 0.15) is 32.8 Å². The second kappa shape index (κ2) is 7.41. The van der Waals surface area contributed by atoms with E-state index in [0.717, 1.165) is 12.5 Å². The summed E-state index contributed by atoms with van der Waals surface area (Å²) in [6.07, 6.45) is 2.29. The van der Waals surface area contributed by atoms with Gasteiger partial charge < -0.3 is 4.90 Å². The quantitative estimate of drug-likeness (QED) is 0.575. The van der Waals surface area contributed by atoms with E-state index >= 15 is 0 Å². The highest BCUT2D eigenvalue weighted by molar-refractivity contribution is 5.90. The molecular weight excluding hydrogens is 391 g/mol. The molecule has 1 unspecified atom stereocenters. The van der Waals surface area contributed by atoms with Gasteiger partial charge in [0.25, 0.3) is 0 Å². The zero-order valence-electron chi connectivity index (χ0n) is 17.2. The molecule has 30 heavy (non-hydrogen) atoms. The largest absolute Gasteiger partial charge is 0.418 e. The Bertz CT molecular complexity index is 1090. The molecule has 1 aliphatic rings. The van der Waals surface area contributed by atoms with Gasteiger partial charge >= 0.3 is 6.18 Å². The van der Waals surface area contributed by atoms with Crippen molar-refractivity contribution in [1.82, 2.24) is 20.2 Å². The highest BCUT2D eigenvalue weighted by atomic mass is 19.4. The van der Waals surface area contributed by atoms with Gasteiger partial charge in [0, 0.05) is 30.1 Å². The van der Waals surface area contributed by atoms with Crippen LogP contribution in [-0.2, 0) is 6.18 Å². The van der Waals surface area contributed by atoms with Crippen molar-refractivity contribution >= 4 is 16.9 Å². The smallest absolute Gasteiger partial charge is 0.352 e. The SMILES string of the molecule is CC(C)CC1(C)C=CCN(c2ccc(C(F)(F)F)c(-c3[nH]nc4ncccc34)n2)C1. The molecule has 0 fully saturated rings. The lowest BCUT2D eigenvalue weighted by atomic mass is 9.79. The summed E-state index contributed by atoms with van der Waals surface area (Å²) in [4.78, 5) is 10.6. The monoisotopic (exact) mass is 415 g/mol. The average molecular weight is 415 g/mol. The number of rotatable bonds is 4. The summed E-state index contributed by atoms with van der Waals surface area (Å²) >= 11 is 0. The number of nitrogens with one attached hydrogen (secondary N) is 1. The molecule has 0 aromatic carbocycles. The van der Waals surface area contributed by atoms with Gasteiger partial charge in [-0.25, -0.2) is 9.97 Å². The molecule has 1 atom stereocenters. The van der Waals surface area contributed by atoms with Crippen molar-refractivity contribution in [2.75, 3.05) is 18.0 Å². The van der Waals surface area contributed by atoms with Crippen molar-refractivity contribution in [2.24, 2.45) is 11.3 Å². The predicted molar refractivity (Wildman–Crippen MR) is 111 cm³/mol. The first kappa shape index (κ1) is 20.4. The van der Waals surface area contributed by atoms with Crippen LogP contribution in [0.2, 0.25) is 0 Å². The number of hydrogen-bond donors (Lipinski definition) is 1. The molecule has 8 heteroatoms. The molecule has 1 N–H and O–H groups in total. The van der Waals surface area contributed by atoms with Crippen LogP contribution >= 0.6 is 0 Å². The predicted octanol–water partition coefficient (Wildman–Crippen LogP) is 5.47. The van der Waals surface area contributed by atoms with Crippen LogP contribution in [-0.4, -0.2) is 33.3 Å². The van der Waals surface area contributed by atoms with E-state index < -0.39 is 11.7 Å². The van der Waals surface area contributed by atoms with E-state index in [1.165, 1.54) is 6.07 Å². The minimum Gasteiger partial charge on any atom is -0.352 e. The number of alkyl halides is 3. The van der Waals surface area contributed by atoms with E-state index in [4.69, 9.17) is 0 Å². The molecule has 4 heterocycles. The van der Waals surface area contributed by atoms with Crippen molar-refractivity contribution in [3.63, 3.8) is 0 Å². The van der Waals surface area contributed by atoms with Crippen molar-refractivity contribution in [3.8, 4) is 11.4 Å². The van der Waals surface area contributed by atoms with E-state index in [9.17, 15) is 13.2 Å². The number of halogens is 3. The van der Waals surface area contributed by atoms with E-state index in [2.05, 4.69) is 53.1 Å². The van der Waals surface area contributed by atoms with Gasteiger partial charge in [-0.15, -0.1) is 0 Å². The third-order valence-electron chi connectivity index (χ3n) is 5.35. The molecule has 5 nitrogen and oxygen atoms in total. The summed E-state index contributed by atoms with van der Waals surface area (Å²) in [5, 5.41) is 7.27. The molecule has 0 spiro atoms. The first-order valence-corrected chi connectivity index (χ1v) is 9.97. The van der Waals surface area contributed by atoms with Crippen molar-refractivity contribution in [2.45, 2.75) is 33.4 Å². The molecule has 4 rings (SSSR count). The normalized spacial score (nSPS) is 19.8. The first-order valence-electron chi connectivity index (χ1n) is 9.97. The Balaban J connectivity index is 1.79. The number of H-pyrrole nitrogens is 1. The molecule has 158 valence electrons. The van der Waals surface area contributed by atoms with Crippen LogP contribution in [0.15, 0.2) is 42.6 Å². The van der Waals surface area contributed by atoms with Gasteiger partial charge in [-0.05, 0) is 36.6 Å². The van der Waals surface area contributed by atoms with Crippen LogP contribution < -0.4 is 4.90 Å². The molecule has 0 saturated carbocycles. The first-order chi connectivity index (χ1) is 14.2. The Kier molecular flexibility index (Phi) is 5.03. The molecule has 3 aromatic rings. The number of nitrogens with zero attached hydrogens (tertiary/aromatic N) is 4. The fourth-order valence-corrected chi connectivity index (χ4v) is 4.33. The molecule has 0 saturated heterocycles. The molecule has 0 amide bonds. The van der Waals surface area contributed by atoms with Gasteiger partial charge in [0.05, 0.1) is 11.3 Å². The number of hydrogen-bond acceptors (Lipinski definition) is 4. The maximum Gasteiger partial charge on any atom is 0.418 e. The minimum absolute atomic E-state index is 0.0540. The Morgan fingerprint density at radius 3 is 2.77 bits per heavy atom. The van der Waals surface area contributed by atoms with E-state index in [0.29, 0.717) is 35.9 Å². The molecule has 0 bridgehead atoms. The Labute approximate surface area is 173 Å². The van der Waals surface area contributed by atoms with Crippen LogP contribution in [0.4, 0.5) is 19.0 Å². The fourth-order valence-electron chi connectivity index (χ4n) is 4.33. The maximum absolute atomic E-state index is 13.8. The summed E-state index contributed by atoms with van der Waals surface area (Å²) in [5.41, 5.74) is -0.418. The van der Waals surface area contributed by atoms with E-state index in [1.807, 2.05) is 4.90 Å². The van der Waals surface area contributed by atoms with Crippen LogP contribution in [0, 0.1) is 11.3 Å². The van der Waals surface area contributed by atoms with Crippen LogP contribution in [0.5, 0.6) is 0 Å². The number of pyridine rings is 2. The lowest BCUT2D eigenvalue weighted by Crippen LogP contribution is -2.39. The summed E-state index contributed by atoms with van der Waals surface area (Å²) in [7, 11) is 0. The van der Waals surface area contributed by atoms with Crippen molar-refractivity contribution in [3.05, 3.63) is 48.2 Å². The number of fused-ring (bicyclic) bond motifs is 1. The minimum atomic E-state index is -4.53. The average Bonchev–Trinajstić information content (AvgIpc) is 3.10. The van der Waals surface area contributed by atoms with Gasteiger partial charge in [-0.1, -0.05) is 32.9 Å². The van der Waals surface area contributed by atoms with Gasteiger partial charge in [-0.3, -0.25) is 5.10 Å². The maximum atomic E-state index is 13.8. The Hall–Kier alpha value is -2.90. The Morgan fingerprint density at radius 1 is 1.23 bits per heavy atom. The summed E-state index contributed by atoms with van der Waals surface area (Å²) in [5.74, 6) is 1.03. The fraction of sp³-hybridized carbons (Fsp3) is 0.409. The lowest BCUT2D eigenvalue weighted by molar-refractivity contribution is -0.137. The zero-order chi connectivity index (χ0) is 21.5. The van der Waals surface area contributed by atoms with Crippen molar-refractivity contribution < 1.29 is 13.2 Å². The standard InChI is InChI=1S/C22H24F3N5/c1-14(2)12-21(3)9-5-11-30(13-21)17-8-7-16(22(23,24)25)19(27-17)18-15-6-4-10-26-20(15)29-28-18/h4-10,14H,11-13H2,1-3H3,(H,26,28,29). The summed E-state index contributed by atoms with van der Waals surface area (Å²) in [6.45, 7) is 7.82. The highest BCUT2D eigenvalue weighted by Crippen LogP contribution is 2.39. The summed E-state index contributed by atoms with van der Waals surface area (Å²) < 4.78 is 41.3. The second-order valence-corrected chi connectivity index (χ2v) is 8.57. The topological polar surface area (TPSA) is 57.7 Å². The van der Waals surface area contributed by atoms with E-state index in [-0.39, 0.29) is 16.8 Å². The van der Waals surface area contributed by atoms with Gasteiger partial charge in [0.1, 0.15) is 11.5 Å². The Morgan fingerprint density at radius 2 is 2.03 bits per heavy atom. The molecule has 3 aromatic heterocycles. The zero-order valence-corrected chi connectivity index (χ0v) is 17.2. The molecule has 0 radical (unpaired) electrons.